The number of rotatable bonds is 4. The molecule has 0 saturated carbocycles. The van der Waals surface area contributed by atoms with Crippen LogP contribution in [0.4, 0.5) is 0 Å². The number of nitrogens with zero attached hydrogens (tertiary/aromatic N) is 4. The molecule has 7 heteroatoms. The first kappa shape index (κ1) is 21.5. The smallest absolute Gasteiger partial charge is 0.321 e. The Hall–Kier alpha value is -3.32. The van der Waals surface area contributed by atoms with E-state index in [1.807, 2.05) is 17.6 Å². The van der Waals surface area contributed by atoms with Crippen LogP contribution in [0.15, 0.2) is 52.1 Å². The minimum absolute atomic E-state index is 0.209. The number of aromatic amines is 1. The molecule has 3 aliphatic rings. The van der Waals surface area contributed by atoms with Crippen LogP contribution in [0, 0.1) is 13.8 Å². The van der Waals surface area contributed by atoms with Gasteiger partial charge in [0.15, 0.2) is 11.5 Å². The van der Waals surface area contributed by atoms with Gasteiger partial charge >= 0.3 is 5.69 Å². The van der Waals surface area contributed by atoms with Gasteiger partial charge in [0, 0.05) is 19.1 Å². The summed E-state index contributed by atoms with van der Waals surface area (Å²) in [4.78, 5) is 38.2. The molecule has 0 bridgehead atoms. The molecule has 33 heavy (non-hydrogen) atoms. The molecule has 3 aliphatic heterocycles. The van der Waals surface area contributed by atoms with Gasteiger partial charge in [0.2, 0.25) is 0 Å². The number of aromatic nitrogens is 4. The summed E-state index contributed by atoms with van der Waals surface area (Å²) in [6.45, 7) is 6.55. The zero-order chi connectivity index (χ0) is 22.9. The number of benzene rings is 2. The van der Waals surface area contributed by atoms with Crippen molar-refractivity contribution in [2.45, 2.75) is 52.1 Å². The normalized spacial score (nSPS) is 17.5. The molecule has 1 atom stereocenters. The topological polar surface area (TPSA) is 83.9 Å². The summed E-state index contributed by atoms with van der Waals surface area (Å²) in [5.74, 6) is 0.352. The second-order valence-electron chi connectivity index (χ2n) is 9.04. The third kappa shape index (κ3) is 4.20. The number of likely N-dealkylation sites (tertiary alicyclic amines) is 1. The summed E-state index contributed by atoms with van der Waals surface area (Å²) in [7, 11) is 0. The lowest BCUT2D eigenvalue weighted by Crippen LogP contribution is -2.34. The fourth-order valence-corrected chi connectivity index (χ4v) is 4.99. The van der Waals surface area contributed by atoms with Gasteiger partial charge < -0.3 is 4.57 Å². The van der Waals surface area contributed by atoms with Gasteiger partial charge in [-0.2, -0.15) is 4.98 Å². The molecule has 0 spiro atoms. The zero-order valence-electron chi connectivity index (χ0n) is 19.2. The Morgan fingerprint density at radius 3 is 2.58 bits per heavy atom. The first-order valence-corrected chi connectivity index (χ1v) is 11.7. The molecule has 170 valence electrons. The molecule has 1 unspecified atom stereocenters. The van der Waals surface area contributed by atoms with E-state index in [0.29, 0.717) is 18.4 Å². The molecule has 1 N–H and O–H groups in total. The molecule has 3 heterocycles. The lowest BCUT2D eigenvalue weighted by molar-refractivity contribution is 0.194. The molecular formula is C26H29N5O2. The van der Waals surface area contributed by atoms with Crippen molar-refractivity contribution in [1.29, 1.82) is 0 Å². The first-order valence-electron chi connectivity index (χ1n) is 11.7. The van der Waals surface area contributed by atoms with E-state index in [4.69, 9.17) is 0 Å². The fourth-order valence-electron chi connectivity index (χ4n) is 4.99. The highest BCUT2D eigenvalue weighted by molar-refractivity contribution is 5.81. The zero-order valence-corrected chi connectivity index (χ0v) is 19.2. The lowest BCUT2D eigenvalue weighted by Gasteiger charge is -2.31. The largest absolute Gasteiger partial charge is 0.349 e. The van der Waals surface area contributed by atoms with Gasteiger partial charge in [0.1, 0.15) is 0 Å². The monoisotopic (exact) mass is 443 g/mol. The molecule has 0 aromatic heterocycles. The number of hydrogen-bond donors (Lipinski definition) is 1. The van der Waals surface area contributed by atoms with Crippen molar-refractivity contribution in [1.82, 2.24) is 24.4 Å². The van der Waals surface area contributed by atoms with Crippen LogP contribution in [0.5, 0.6) is 0 Å². The Morgan fingerprint density at radius 1 is 0.970 bits per heavy atom. The Morgan fingerprint density at radius 2 is 1.76 bits per heavy atom. The van der Waals surface area contributed by atoms with E-state index in [9.17, 15) is 9.59 Å². The van der Waals surface area contributed by atoms with E-state index in [0.717, 1.165) is 41.7 Å². The second-order valence-corrected chi connectivity index (χ2v) is 9.04. The molecule has 1 saturated heterocycles. The summed E-state index contributed by atoms with van der Waals surface area (Å²) >= 11 is 0. The Balaban J connectivity index is 1.59. The molecule has 0 radical (unpaired) electrons. The maximum Gasteiger partial charge on any atom is 0.349 e. The van der Waals surface area contributed by atoms with Crippen LogP contribution in [0.1, 0.15) is 48.4 Å². The molecule has 2 aromatic rings. The Labute approximate surface area is 192 Å². The number of fused-ring (bicyclic) bond motifs is 2. The summed E-state index contributed by atoms with van der Waals surface area (Å²) in [5, 5.41) is 0. The number of aryl methyl sites for hydroxylation is 2. The van der Waals surface area contributed by atoms with E-state index in [1.165, 1.54) is 24.8 Å². The maximum absolute atomic E-state index is 12.6. The summed E-state index contributed by atoms with van der Waals surface area (Å²) in [5.41, 5.74) is 4.32. The van der Waals surface area contributed by atoms with Crippen molar-refractivity contribution in [2.24, 2.45) is 0 Å². The number of hydrogen-bond acceptors (Lipinski definition) is 5. The van der Waals surface area contributed by atoms with Crippen LogP contribution < -0.4 is 11.2 Å². The van der Waals surface area contributed by atoms with E-state index in [-0.39, 0.29) is 5.69 Å². The summed E-state index contributed by atoms with van der Waals surface area (Å²) in [6.07, 6.45) is 4.77. The highest BCUT2D eigenvalue weighted by Gasteiger charge is 2.24. The van der Waals surface area contributed by atoms with Gasteiger partial charge in [0.25, 0.3) is 5.56 Å². The minimum Gasteiger partial charge on any atom is -0.321 e. The molecule has 0 aliphatic carbocycles. The van der Waals surface area contributed by atoms with E-state index < -0.39 is 11.2 Å². The molecule has 1 fully saturated rings. The Bertz CT molecular complexity index is 1380. The highest BCUT2D eigenvalue weighted by atomic mass is 16.2. The van der Waals surface area contributed by atoms with Crippen molar-refractivity contribution in [3.8, 4) is 11.5 Å². The van der Waals surface area contributed by atoms with Crippen LogP contribution in [-0.2, 0) is 6.54 Å². The van der Waals surface area contributed by atoms with E-state index in [1.54, 1.807) is 0 Å². The highest BCUT2D eigenvalue weighted by Crippen LogP contribution is 2.30. The summed E-state index contributed by atoms with van der Waals surface area (Å²) in [6, 6.07) is 15.1. The van der Waals surface area contributed by atoms with Crippen molar-refractivity contribution in [3.05, 3.63) is 80.0 Å². The molecular weight excluding hydrogens is 414 g/mol. The molecule has 7 nitrogen and oxygen atoms in total. The van der Waals surface area contributed by atoms with Crippen LogP contribution >= 0.6 is 0 Å². The van der Waals surface area contributed by atoms with Crippen molar-refractivity contribution in [3.63, 3.8) is 0 Å². The maximum atomic E-state index is 12.6. The third-order valence-electron chi connectivity index (χ3n) is 6.88. The van der Waals surface area contributed by atoms with Crippen LogP contribution in [0.25, 0.3) is 22.6 Å². The minimum atomic E-state index is -0.636. The van der Waals surface area contributed by atoms with Gasteiger partial charge in [-0.05, 0) is 62.1 Å². The van der Waals surface area contributed by atoms with Crippen LogP contribution in [0.3, 0.4) is 0 Å². The van der Waals surface area contributed by atoms with Crippen LogP contribution in [0.2, 0.25) is 0 Å². The molecule has 5 rings (SSSR count). The number of nitrogens with one attached hydrogen (secondary N) is 1. The molecule has 2 aromatic carbocycles. The predicted molar refractivity (Wildman–Crippen MR) is 130 cm³/mol. The SMILES string of the molecule is Cc1cc2nc3c(=O)[nH]c(=O)nc-3n(CCN3CCCCCC3c3ccccc3)c2cc1C. The third-order valence-corrected chi connectivity index (χ3v) is 6.88. The fraction of sp³-hybridized carbons (Fsp3) is 0.385. The molecule has 0 amide bonds. The summed E-state index contributed by atoms with van der Waals surface area (Å²) < 4.78 is 2.01. The quantitative estimate of drug-likeness (QED) is 0.485. The second kappa shape index (κ2) is 8.90. The van der Waals surface area contributed by atoms with Crippen molar-refractivity contribution in [2.75, 3.05) is 13.1 Å². The van der Waals surface area contributed by atoms with Crippen LogP contribution in [-0.4, -0.2) is 37.5 Å². The van der Waals surface area contributed by atoms with Gasteiger partial charge in [0.05, 0.1) is 11.0 Å². The predicted octanol–water partition coefficient (Wildman–Crippen LogP) is 3.82. The van der Waals surface area contributed by atoms with E-state index >= 15 is 0 Å². The first-order chi connectivity index (χ1) is 16.0. The van der Waals surface area contributed by atoms with Gasteiger partial charge in [-0.3, -0.25) is 14.7 Å². The average Bonchev–Trinajstić information content (AvgIpc) is 3.04. The Kier molecular flexibility index (Phi) is 5.81. The average molecular weight is 444 g/mol. The lowest BCUT2D eigenvalue weighted by atomic mass is 10.0. The van der Waals surface area contributed by atoms with Crippen molar-refractivity contribution >= 4 is 11.0 Å². The number of H-pyrrole nitrogens is 1. The van der Waals surface area contributed by atoms with Gasteiger partial charge in [-0.25, -0.2) is 9.78 Å². The van der Waals surface area contributed by atoms with Gasteiger partial charge in [-0.1, -0.05) is 43.2 Å². The van der Waals surface area contributed by atoms with E-state index in [2.05, 4.69) is 63.2 Å². The van der Waals surface area contributed by atoms with Gasteiger partial charge in [-0.15, -0.1) is 0 Å². The van der Waals surface area contributed by atoms with Crippen molar-refractivity contribution < 1.29 is 0 Å². The standard InChI is InChI=1S/C26H29N5O2/c1-17-15-20-22(16-18(17)2)31(24-23(27-20)25(32)29-26(33)28-24)14-13-30-12-8-4-7-11-21(30)19-9-5-3-6-10-19/h3,5-6,9-10,15-16,21H,4,7-8,11-14H2,1-2H3,(H,29,32,33).